The first kappa shape index (κ1) is 10.0. The van der Waals surface area contributed by atoms with Gasteiger partial charge in [-0.3, -0.25) is 0 Å². The fourth-order valence-corrected chi connectivity index (χ4v) is 1.68. The molecule has 15 heavy (non-hydrogen) atoms. The van der Waals surface area contributed by atoms with Crippen molar-refractivity contribution in [2.45, 2.75) is 20.3 Å². The Hall–Kier alpha value is -1.51. The molecule has 0 atom stereocenters. The molecular formula is C12H16N2O. The third-order valence-corrected chi connectivity index (χ3v) is 2.41. The fourth-order valence-electron chi connectivity index (χ4n) is 1.68. The molecule has 3 nitrogen and oxygen atoms in total. The maximum Gasteiger partial charge on any atom is 0.122 e. The summed E-state index contributed by atoms with van der Waals surface area (Å²) in [6.07, 6.45) is 4.90. The van der Waals surface area contributed by atoms with Crippen LogP contribution >= 0.6 is 0 Å². The number of hydrogen-bond acceptors (Lipinski definition) is 2. The molecule has 2 heterocycles. The standard InChI is InChI=1S/C12H16N2O/c1-9(2)6-12-13-8-10-7-11(15-3)4-5-14(10)12/h4-5,7-9H,6H2,1-3H3. The van der Waals surface area contributed by atoms with E-state index in [2.05, 4.69) is 23.2 Å². The molecule has 3 heteroatoms. The maximum atomic E-state index is 5.17. The highest BCUT2D eigenvalue weighted by molar-refractivity contribution is 5.50. The van der Waals surface area contributed by atoms with Crippen LogP contribution in [0.4, 0.5) is 0 Å². The van der Waals surface area contributed by atoms with E-state index in [9.17, 15) is 0 Å². The first-order valence-electron chi connectivity index (χ1n) is 5.20. The smallest absolute Gasteiger partial charge is 0.122 e. The van der Waals surface area contributed by atoms with Gasteiger partial charge in [0.25, 0.3) is 0 Å². The molecule has 0 aliphatic heterocycles. The molecule has 2 rings (SSSR count). The highest BCUT2D eigenvalue weighted by Gasteiger charge is 2.06. The van der Waals surface area contributed by atoms with Crippen LogP contribution in [-0.4, -0.2) is 16.5 Å². The number of nitrogens with zero attached hydrogens (tertiary/aromatic N) is 2. The van der Waals surface area contributed by atoms with Crippen molar-refractivity contribution in [1.82, 2.24) is 9.38 Å². The van der Waals surface area contributed by atoms with E-state index in [0.29, 0.717) is 5.92 Å². The monoisotopic (exact) mass is 204 g/mol. The van der Waals surface area contributed by atoms with Gasteiger partial charge in [0.15, 0.2) is 0 Å². The van der Waals surface area contributed by atoms with Crippen molar-refractivity contribution in [2.75, 3.05) is 7.11 Å². The number of rotatable bonds is 3. The molecule has 0 aliphatic rings. The summed E-state index contributed by atoms with van der Waals surface area (Å²) in [7, 11) is 1.68. The van der Waals surface area contributed by atoms with Crippen LogP contribution in [0.5, 0.6) is 5.75 Å². The Morgan fingerprint density at radius 2 is 2.27 bits per heavy atom. The zero-order valence-corrected chi connectivity index (χ0v) is 9.40. The summed E-state index contributed by atoms with van der Waals surface area (Å²) < 4.78 is 7.29. The third-order valence-electron chi connectivity index (χ3n) is 2.41. The van der Waals surface area contributed by atoms with E-state index in [1.807, 2.05) is 24.5 Å². The van der Waals surface area contributed by atoms with Crippen molar-refractivity contribution < 1.29 is 4.74 Å². The van der Waals surface area contributed by atoms with Crippen LogP contribution in [-0.2, 0) is 6.42 Å². The molecule has 0 aliphatic carbocycles. The molecular weight excluding hydrogens is 188 g/mol. The molecule has 2 aromatic heterocycles. The van der Waals surface area contributed by atoms with Crippen LogP contribution in [0.2, 0.25) is 0 Å². The number of methoxy groups -OCH3 is 1. The number of pyridine rings is 1. The first-order chi connectivity index (χ1) is 7.20. The summed E-state index contributed by atoms with van der Waals surface area (Å²) in [6, 6.07) is 3.95. The van der Waals surface area contributed by atoms with Crippen molar-refractivity contribution in [3.05, 3.63) is 30.4 Å². The molecule has 0 N–H and O–H groups in total. The fraction of sp³-hybridized carbons (Fsp3) is 0.417. The SMILES string of the molecule is COc1ccn2c(CC(C)C)ncc2c1. The molecule has 0 bridgehead atoms. The lowest BCUT2D eigenvalue weighted by Crippen LogP contribution is -2.00. The maximum absolute atomic E-state index is 5.17. The van der Waals surface area contributed by atoms with Crippen molar-refractivity contribution in [3.8, 4) is 5.75 Å². The first-order valence-corrected chi connectivity index (χ1v) is 5.20. The van der Waals surface area contributed by atoms with E-state index in [4.69, 9.17) is 4.74 Å². The van der Waals surface area contributed by atoms with Gasteiger partial charge in [0.2, 0.25) is 0 Å². The Morgan fingerprint density at radius 3 is 2.93 bits per heavy atom. The second-order valence-electron chi connectivity index (χ2n) is 4.13. The normalized spacial score (nSPS) is 11.2. The van der Waals surface area contributed by atoms with Crippen LogP contribution in [0, 0.1) is 5.92 Å². The van der Waals surface area contributed by atoms with Crippen LogP contribution in [0.3, 0.4) is 0 Å². The summed E-state index contributed by atoms with van der Waals surface area (Å²) in [4.78, 5) is 4.42. The summed E-state index contributed by atoms with van der Waals surface area (Å²) in [6.45, 7) is 4.40. The highest BCUT2D eigenvalue weighted by Crippen LogP contribution is 2.16. The lowest BCUT2D eigenvalue weighted by molar-refractivity contribution is 0.414. The average Bonchev–Trinajstić information content (AvgIpc) is 2.60. The minimum atomic E-state index is 0.623. The molecule has 80 valence electrons. The van der Waals surface area contributed by atoms with Crippen molar-refractivity contribution in [2.24, 2.45) is 5.92 Å². The van der Waals surface area contributed by atoms with Gasteiger partial charge in [-0.25, -0.2) is 4.98 Å². The van der Waals surface area contributed by atoms with E-state index in [1.54, 1.807) is 7.11 Å². The number of hydrogen-bond donors (Lipinski definition) is 0. The van der Waals surface area contributed by atoms with Crippen molar-refractivity contribution in [3.63, 3.8) is 0 Å². The third kappa shape index (κ3) is 1.96. The molecule has 0 radical (unpaired) electrons. The van der Waals surface area contributed by atoms with Gasteiger partial charge in [0.05, 0.1) is 18.8 Å². The summed E-state index contributed by atoms with van der Waals surface area (Å²) in [5.41, 5.74) is 1.09. The lowest BCUT2D eigenvalue weighted by atomic mass is 10.1. The molecule has 0 unspecified atom stereocenters. The Balaban J connectivity index is 2.43. The molecule has 2 aromatic rings. The Kier molecular flexibility index (Phi) is 2.62. The highest BCUT2D eigenvalue weighted by atomic mass is 16.5. The Bertz CT molecular complexity index is 460. The predicted octanol–water partition coefficient (Wildman–Crippen LogP) is 2.54. The number of fused-ring (bicyclic) bond motifs is 1. The van der Waals surface area contributed by atoms with Crippen molar-refractivity contribution >= 4 is 5.52 Å². The second-order valence-corrected chi connectivity index (χ2v) is 4.13. The lowest BCUT2D eigenvalue weighted by Gasteiger charge is -2.05. The summed E-state index contributed by atoms with van der Waals surface area (Å²) in [5.74, 6) is 2.61. The predicted molar refractivity (Wildman–Crippen MR) is 60.3 cm³/mol. The molecule has 0 aromatic carbocycles. The van der Waals surface area contributed by atoms with Crippen LogP contribution < -0.4 is 4.74 Å². The zero-order valence-electron chi connectivity index (χ0n) is 9.40. The molecule has 0 amide bonds. The van der Waals surface area contributed by atoms with E-state index in [0.717, 1.165) is 23.5 Å². The minimum absolute atomic E-state index is 0.623. The molecule has 0 saturated carbocycles. The van der Waals surface area contributed by atoms with Crippen LogP contribution in [0.1, 0.15) is 19.7 Å². The van der Waals surface area contributed by atoms with E-state index >= 15 is 0 Å². The van der Waals surface area contributed by atoms with Gasteiger partial charge in [-0.2, -0.15) is 0 Å². The van der Waals surface area contributed by atoms with Gasteiger partial charge < -0.3 is 9.14 Å². The molecule has 0 saturated heterocycles. The number of aromatic nitrogens is 2. The summed E-state index contributed by atoms with van der Waals surface area (Å²) >= 11 is 0. The van der Waals surface area contributed by atoms with Gasteiger partial charge in [0.1, 0.15) is 11.6 Å². The van der Waals surface area contributed by atoms with E-state index in [-0.39, 0.29) is 0 Å². The van der Waals surface area contributed by atoms with Gasteiger partial charge in [-0.1, -0.05) is 13.8 Å². The van der Waals surface area contributed by atoms with Crippen molar-refractivity contribution in [1.29, 1.82) is 0 Å². The van der Waals surface area contributed by atoms with Gasteiger partial charge in [-0.15, -0.1) is 0 Å². The van der Waals surface area contributed by atoms with Gasteiger partial charge in [0, 0.05) is 18.7 Å². The zero-order chi connectivity index (χ0) is 10.8. The topological polar surface area (TPSA) is 26.5 Å². The number of ether oxygens (including phenoxy) is 1. The Morgan fingerprint density at radius 1 is 1.47 bits per heavy atom. The number of imidazole rings is 1. The van der Waals surface area contributed by atoms with Gasteiger partial charge >= 0.3 is 0 Å². The molecule has 0 fully saturated rings. The second kappa shape index (κ2) is 3.93. The van der Waals surface area contributed by atoms with E-state index < -0.39 is 0 Å². The summed E-state index contributed by atoms with van der Waals surface area (Å²) in [5, 5.41) is 0. The largest absolute Gasteiger partial charge is 0.497 e. The average molecular weight is 204 g/mol. The quantitative estimate of drug-likeness (QED) is 0.768. The van der Waals surface area contributed by atoms with Gasteiger partial charge in [-0.05, 0) is 12.0 Å². The van der Waals surface area contributed by atoms with Crippen LogP contribution in [0.25, 0.3) is 5.52 Å². The molecule has 0 spiro atoms. The van der Waals surface area contributed by atoms with Crippen LogP contribution in [0.15, 0.2) is 24.5 Å². The minimum Gasteiger partial charge on any atom is -0.497 e. The Labute approximate surface area is 89.7 Å². The van der Waals surface area contributed by atoms with E-state index in [1.165, 1.54) is 0 Å².